The molecule has 2 rings (SSSR count). The normalized spacial score (nSPS) is 11.3. The van der Waals surface area contributed by atoms with Crippen LogP contribution in [0.15, 0.2) is 29.8 Å². The molecule has 1 aromatic heterocycles. The number of carboxylic acid groups (broad SMARTS) is 1. The lowest BCUT2D eigenvalue weighted by atomic mass is 10.0. The predicted molar refractivity (Wildman–Crippen MR) is 76.9 cm³/mol. The molecule has 4 nitrogen and oxygen atoms in total. The van der Waals surface area contributed by atoms with Crippen LogP contribution in [0.5, 0.6) is 0 Å². The maximum Gasteiger partial charge on any atom is 0.335 e. The Morgan fingerprint density at radius 2 is 2.16 bits per heavy atom. The highest BCUT2D eigenvalue weighted by Gasteiger charge is 2.23. The van der Waals surface area contributed by atoms with Gasteiger partial charge in [-0.3, -0.25) is 0 Å². The molecule has 2 aromatic rings. The Hall–Kier alpha value is -1.88. The van der Waals surface area contributed by atoms with Crippen LogP contribution in [-0.2, 0) is 5.54 Å². The molecular weight excluding hydrogens is 260 g/mol. The Balaban J connectivity index is 2.27. The summed E-state index contributed by atoms with van der Waals surface area (Å²) in [5.74, 6) is -0.908. The number of thiazole rings is 1. The van der Waals surface area contributed by atoms with Gasteiger partial charge in [0.05, 0.1) is 11.1 Å². The van der Waals surface area contributed by atoms with Crippen molar-refractivity contribution in [3.8, 4) is 0 Å². The van der Waals surface area contributed by atoms with E-state index in [4.69, 9.17) is 5.11 Å². The van der Waals surface area contributed by atoms with Gasteiger partial charge >= 0.3 is 5.97 Å². The first-order valence-electron chi connectivity index (χ1n) is 5.92. The lowest BCUT2D eigenvalue weighted by Gasteiger charge is -2.26. The van der Waals surface area contributed by atoms with Crippen LogP contribution in [0, 0.1) is 6.92 Å². The fourth-order valence-electron chi connectivity index (χ4n) is 1.86. The molecule has 0 amide bonds. The molecule has 2 N–H and O–H groups in total. The Morgan fingerprint density at radius 3 is 2.68 bits per heavy atom. The van der Waals surface area contributed by atoms with Gasteiger partial charge in [0.15, 0.2) is 0 Å². The van der Waals surface area contributed by atoms with Gasteiger partial charge in [-0.05, 0) is 44.5 Å². The van der Waals surface area contributed by atoms with Gasteiger partial charge in [-0.1, -0.05) is 0 Å². The maximum absolute atomic E-state index is 10.9. The lowest BCUT2D eigenvalue weighted by Crippen LogP contribution is -2.28. The number of nitrogens with zero attached hydrogens (tertiary/aromatic N) is 1. The molecule has 0 spiro atoms. The summed E-state index contributed by atoms with van der Waals surface area (Å²) in [6.07, 6.45) is 1.78. The van der Waals surface area contributed by atoms with Gasteiger partial charge in [-0.2, -0.15) is 0 Å². The summed E-state index contributed by atoms with van der Waals surface area (Å²) in [6, 6.07) is 5.08. The van der Waals surface area contributed by atoms with E-state index in [1.165, 1.54) is 0 Å². The molecule has 19 heavy (non-hydrogen) atoms. The SMILES string of the molecule is Cc1cc(C(=O)O)ccc1NC(C)(C)c1nccs1. The number of nitrogens with one attached hydrogen (secondary N) is 1. The molecule has 0 bridgehead atoms. The molecular formula is C14H16N2O2S. The van der Waals surface area contributed by atoms with E-state index in [2.05, 4.69) is 24.1 Å². The summed E-state index contributed by atoms with van der Waals surface area (Å²) in [6.45, 7) is 6.00. The minimum Gasteiger partial charge on any atom is -0.478 e. The van der Waals surface area contributed by atoms with Crippen molar-refractivity contribution < 1.29 is 9.90 Å². The zero-order valence-electron chi connectivity index (χ0n) is 11.1. The maximum atomic E-state index is 10.9. The molecule has 0 saturated carbocycles. The molecule has 0 aliphatic carbocycles. The third-order valence-corrected chi connectivity index (χ3v) is 3.98. The smallest absolute Gasteiger partial charge is 0.335 e. The van der Waals surface area contributed by atoms with Gasteiger partial charge in [0.25, 0.3) is 0 Å². The molecule has 100 valence electrons. The van der Waals surface area contributed by atoms with E-state index in [1.54, 1.807) is 35.7 Å². The molecule has 1 aromatic carbocycles. The van der Waals surface area contributed by atoms with E-state index >= 15 is 0 Å². The zero-order chi connectivity index (χ0) is 14.0. The third-order valence-electron chi connectivity index (χ3n) is 2.89. The standard InChI is InChI=1S/C14H16N2O2S/c1-9-8-10(12(17)18)4-5-11(9)16-14(2,3)13-15-6-7-19-13/h4-8,16H,1-3H3,(H,17,18). The Labute approximate surface area is 116 Å². The second-order valence-corrected chi connectivity index (χ2v) is 5.82. The highest BCUT2D eigenvalue weighted by molar-refractivity contribution is 7.09. The van der Waals surface area contributed by atoms with Crippen LogP contribution < -0.4 is 5.32 Å². The zero-order valence-corrected chi connectivity index (χ0v) is 11.9. The van der Waals surface area contributed by atoms with Crippen molar-refractivity contribution in [3.05, 3.63) is 45.9 Å². The van der Waals surface area contributed by atoms with Crippen LogP contribution in [0.2, 0.25) is 0 Å². The minimum atomic E-state index is -0.908. The summed E-state index contributed by atoms with van der Waals surface area (Å²) in [5, 5.41) is 15.3. The van der Waals surface area contributed by atoms with Crippen LogP contribution >= 0.6 is 11.3 Å². The van der Waals surface area contributed by atoms with Gasteiger partial charge in [-0.15, -0.1) is 11.3 Å². The average molecular weight is 276 g/mol. The number of rotatable bonds is 4. The van der Waals surface area contributed by atoms with Gasteiger partial charge in [0.1, 0.15) is 5.01 Å². The van der Waals surface area contributed by atoms with Crippen molar-refractivity contribution in [1.82, 2.24) is 4.98 Å². The van der Waals surface area contributed by atoms with Crippen molar-refractivity contribution in [2.75, 3.05) is 5.32 Å². The number of hydrogen-bond donors (Lipinski definition) is 2. The first kappa shape index (κ1) is 13.5. The number of aryl methyl sites for hydroxylation is 1. The Morgan fingerprint density at radius 1 is 1.42 bits per heavy atom. The van der Waals surface area contributed by atoms with Crippen molar-refractivity contribution in [1.29, 1.82) is 0 Å². The van der Waals surface area contributed by atoms with Crippen LogP contribution in [-0.4, -0.2) is 16.1 Å². The molecule has 0 saturated heterocycles. The van der Waals surface area contributed by atoms with E-state index in [0.29, 0.717) is 5.56 Å². The molecule has 0 aliphatic rings. The fourth-order valence-corrected chi connectivity index (χ4v) is 2.58. The largest absolute Gasteiger partial charge is 0.478 e. The van der Waals surface area contributed by atoms with E-state index in [9.17, 15) is 4.79 Å². The first-order valence-corrected chi connectivity index (χ1v) is 6.80. The van der Waals surface area contributed by atoms with Crippen molar-refractivity contribution in [2.24, 2.45) is 0 Å². The van der Waals surface area contributed by atoms with Crippen LogP contribution in [0.25, 0.3) is 0 Å². The predicted octanol–water partition coefficient (Wildman–Crippen LogP) is 3.50. The minimum absolute atomic E-state index is 0.288. The number of aromatic carboxylic acids is 1. The van der Waals surface area contributed by atoms with Gasteiger partial charge in [-0.25, -0.2) is 9.78 Å². The first-order chi connectivity index (χ1) is 8.90. The van der Waals surface area contributed by atoms with Crippen LogP contribution in [0.1, 0.15) is 34.8 Å². The third kappa shape index (κ3) is 2.93. The Kier molecular flexibility index (Phi) is 3.57. The summed E-state index contributed by atoms with van der Waals surface area (Å²) in [7, 11) is 0. The molecule has 1 heterocycles. The lowest BCUT2D eigenvalue weighted by molar-refractivity contribution is 0.0697. The van der Waals surface area contributed by atoms with Gasteiger partial charge < -0.3 is 10.4 Å². The van der Waals surface area contributed by atoms with E-state index < -0.39 is 5.97 Å². The molecule has 0 radical (unpaired) electrons. The summed E-state index contributed by atoms with van der Waals surface area (Å²) < 4.78 is 0. The highest BCUT2D eigenvalue weighted by Crippen LogP contribution is 2.29. The summed E-state index contributed by atoms with van der Waals surface area (Å²) in [5.41, 5.74) is 1.84. The molecule has 5 heteroatoms. The molecule has 0 fully saturated rings. The van der Waals surface area contributed by atoms with Crippen molar-refractivity contribution in [3.63, 3.8) is 0 Å². The average Bonchev–Trinajstić information content (AvgIpc) is 2.85. The molecule has 0 unspecified atom stereocenters. The number of carboxylic acids is 1. The Bertz CT molecular complexity index is 591. The second kappa shape index (κ2) is 5.01. The molecule has 0 aliphatic heterocycles. The number of benzene rings is 1. The van der Waals surface area contributed by atoms with E-state index in [0.717, 1.165) is 16.3 Å². The number of aromatic nitrogens is 1. The quantitative estimate of drug-likeness (QED) is 0.897. The van der Waals surface area contributed by atoms with E-state index in [-0.39, 0.29) is 5.54 Å². The van der Waals surface area contributed by atoms with Gasteiger partial charge in [0.2, 0.25) is 0 Å². The number of hydrogen-bond acceptors (Lipinski definition) is 4. The van der Waals surface area contributed by atoms with Crippen LogP contribution in [0.4, 0.5) is 5.69 Å². The number of anilines is 1. The van der Waals surface area contributed by atoms with Crippen molar-refractivity contribution >= 4 is 23.0 Å². The van der Waals surface area contributed by atoms with Gasteiger partial charge in [0, 0.05) is 17.3 Å². The van der Waals surface area contributed by atoms with E-state index in [1.807, 2.05) is 12.3 Å². The summed E-state index contributed by atoms with van der Waals surface area (Å²) in [4.78, 5) is 15.2. The molecule has 0 atom stereocenters. The highest BCUT2D eigenvalue weighted by atomic mass is 32.1. The second-order valence-electron chi connectivity index (χ2n) is 4.92. The number of carbonyl (C=O) groups is 1. The van der Waals surface area contributed by atoms with Crippen molar-refractivity contribution in [2.45, 2.75) is 26.3 Å². The monoisotopic (exact) mass is 276 g/mol. The topological polar surface area (TPSA) is 62.2 Å². The van der Waals surface area contributed by atoms with Crippen LogP contribution in [0.3, 0.4) is 0 Å². The fraction of sp³-hybridized carbons (Fsp3) is 0.286. The summed E-state index contributed by atoms with van der Waals surface area (Å²) >= 11 is 1.60.